The lowest BCUT2D eigenvalue weighted by Gasteiger charge is -2.31. The number of carbonyl (C=O) groups is 2. The first-order valence-electron chi connectivity index (χ1n) is 12.8. The molecule has 2 saturated heterocycles. The number of carboxylic acid groups (broad SMARTS) is 1. The van der Waals surface area contributed by atoms with Gasteiger partial charge in [-0.15, -0.1) is 0 Å². The van der Waals surface area contributed by atoms with Crippen LogP contribution in [0.4, 0.5) is 13.2 Å². The third-order valence-corrected chi connectivity index (χ3v) is 8.85. The maximum atomic E-state index is 13.7. The van der Waals surface area contributed by atoms with Crippen LogP contribution in [-0.4, -0.2) is 105 Å². The summed E-state index contributed by atoms with van der Waals surface area (Å²) in [5.74, 6) is -2.72. The van der Waals surface area contributed by atoms with Gasteiger partial charge in [0.25, 0.3) is 0 Å². The monoisotopic (exact) mass is 564 g/mol. The van der Waals surface area contributed by atoms with E-state index < -0.39 is 22.2 Å². The number of hydrogen-bond acceptors (Lipinski definition) is 6. The van der Waals surface area contributed by atoms with Crippen LogP contribution >= 0.6 is 0 Å². The number of nitrogens with zero attached hydrogens (tertiary/aromatic N) is 3. The molecule has 2 aliphatic heterocycles. The molecule has 0 spiro atoms. The Morgan fingerprint density at radius 2 is 1.50 bits per heavy atom. The van der Waals surface area contributed by atoms with Crippen LogP contribution in [0.3, 0.4) is 0 Å². The molecule has 0 aliphatic carbocycles. The van der Waals surface area contributed by atoms with Crippen molar-refractivity contribution in [2.45, 2.75) is 57.5 Å². The number of rotatable bonds is 8. The minimum atomic E-state index is -5.08. The summed E-state index contributed by atoms with van der Waals surface area (Å²) in [6.45, 7) is 12.2. The van der Waals surface area contributed by atoms with Crippen molar-refractivity contribution in [3.05, 3.63) is 28.8 Å². The molecule has 0 radical (unpaired) electrons. The summed E-state index contributed by atoms with van der Waals surface area (Å²) >= 11 is 0. The van der Waals surface area contributed by atoms with Crippen LogP contribution in [0.25, 0.3) is 0 Å². The van der Waals surface area contributed by atoms with Crippen molar-refractivity contribution in [3.63, 3.8) is 0 Å². The van der Waals surface area contributed by atoms with E-state index in [2.05, 4.69) is 10.2 Å². The Morgan fingerprint density at radius 3 is 2.05 bits per heavy atom. The summed E-state index contributed by atoms with van der Waals surface area (Å²) in [6.07, 6.45) is -1.27. The van der Waals surface area contributed by atoms with E-state index >= 15 is 0 Å². The molecule has 38 heavy (non-hydrogen) atoms. The third-order valence-electron chi connectivity index (χ3n) is 6.81. The first kappa shape index (κ1) is 32.0. The van der Waals surface area contributed by atoms with Crippen LogP contribution in [-0.2, 0) is 19.6 Å². The highest BCUT2D eigenvalue weighted by atomic mass is 32.2. The molecule has 2 aliphatic rings. The topological polar surface area (TPSA) is 110 Å². The molecular formula is C25H39F3N4O5S. The number of halogens is 3. The van der Waals surface area contributed by atoms with Gasteiger partial charge in [-0.1, -0.05) is 12.5 Å². The molecule has 9 nitrogen and oxygen atoms in total. The quantitative estimate of drug-likeness (QED) is 0.499. The predicted octanol–water partition coefficient (Wildman–Crippen LogP) is 2.54. The van der Waals surface area contributed by atoms with Crippen LogP contribution in [0.1, 0.15) is 42.4 Å². The number of carbonyl (C=O) groups excluding carboxylic acids is 1. The lowest BCUT2D eigenvalue weighted by molar-refractivity contribution is -0.192. The fourth-order valence-electron chi connectivity index (χ4n) is 4.43. The Hall–Kier alpha value is -2.22. The molecule has 0 unspecified atom stereocenters. The molecule has 0 bridgehead atoms. The van der Waals surface area contributed by atoms with Gasteiger partial charge in [-0.2, -0.15) is 17.5 Å². The van der Waals surface area contributed by atoms with Crippen molar-refractivity contribution in [1.29, 1.82) is 0 Å². The number of sulfonamides is 1. The highest BCUT2D eigenvalue weighted by Crippen LogP contribution is 2.24. The number of piperazine rings is 1. The molecule has 2 heterocycles. The van der Waals surface area contributed by atoms with Gasteiger partial charge in [0.2, 0.25) is 15.9 Å². The van der Waals surface area contributed by atoms with Gasteiger partial charge in [-0.3, -0.25) is 4.79 Å². The lowest BCUT2D eigenvalue weighted by Crippen LogP contribution is -2.47. The summed E-state index contributed by atoms with van der Waals surface area (Å²) in [4.78, 5) is 26.1. The number of alkyl halides is 3. The summed E-state index contributed by atoms with van der Waals surface area (Å²) < 4.78 is 60.6. The van der Waals surface area contributed by atoms with Gasteiger partial charge in [0.05, 0.1) is 4.90 Å². The number of benzene rings is 1. The average Bonchev–Trinajstić information content (AvgIpc) is 2.86. The minimum absolute atomic E-state index is 0.0384. The Kier molecular flexibility index (Phi) is 12.0. The van der Waals surface area contributed by atoms with E-state index in [1.807, 2.05) is 31.7 Å². The molecule has 3 rings (SSSR count). The summed E-state index contributed by atoms with van der Waals surface area (Å²) in [5.41, 5.74) is 2.82. The van der Waals surface area contributed by atoms with Gasteiger partial charge in [0, 0.05) is 52.2 Å². The zero-order valence-electron chi connectivity index (χ0n) is 22.3. The molecule has 1 amide bonds. The molecule has 2 N–H and O–H groups in total. The van der Waals surface area contributed by atoms with Gasteiger partial charge in [-0.05, 0) is 69.5 Å². The van der Waals surface area contributed by atoms with Crippen molar-refractivity contribution in [2.24, 2.45) is 0 Å². The van der Waals surface area contributed by atoms with Gasteiger partial charge >= 0.3 is 12.1 Å². The van der Waals surface area contributed by atoms with Crippen molar-refractivity contribution < 1.29 is 36.3 Å². The molecule has 216 valence electrons. The highest BCUT2D eigenvalue weighted by Gasteiger charge is 2.38. The molecular weight excluding hydrogens is 525 g/mol. The number of hydrogen-bond donors (Lipinski definition) is 2. The molecule has 1 aromatic rings. The number of amides is 1. The Morgan fingerprint density at radius 1 is 0.947 bits per heavy atom. The Labute approximate surface area is 223 Å². The second kappa shape index (κ2) is 14.2. The van der Waals surface area contributed by atoms with Crippen LogP contribution in [0.2, 0.25) is 0 Å². The summed E-state index contributed by atoms with van der Waals surface area (Å²) in [6, 6.07) is 3.73. The molecule has 0 atom stereocenters. The predicted molar refractivity (Wildman–Crippen MR) is 137 cm³/mol. The molecule has 0 saturated carbocycles. The molecule has 13 heteroatoms. The zero-order chi connectivity index (χ0) is 28.5. The molecule has 2 fully saturated rings. The first-order chi connectivity index (χ1) is 17.7. The van der Waals surface area contributed by atoms with Gasteiger partial charge in [0.1, 0.15) is 0 Å². The van der Waals surface area contributed by atoms with Crippen molar-refractivity contribution >= 4 is 21.9 Å². The number of aliphatic carboxylic acids is 1. The number of likely N-dealkylation sites (tertiary alicyclic amines) is 1. The molecule has 0 aromatic heterocycles. The van der Waals surface area contributed by atoms with Crippen molar-refractivity contribution in [1.82, 2.24) is 19.4 Å². The second-order valence-electron chi connectivity index (χ2n) is 9.69. The van der Waals surface area contributed by atoms with Gasteiger partial charge in [0.15, 0.2) is 0 Å². The lowest BCUT2D eigenvalue weighted by atomic mass is 10.1. The average molecular weight is 565 g/mol. The van der Waals surface area contributed by atoms with Crippen molar-refractivity contribution in [3.8, 4) is 0 Å². The van der Waals surface area contributed by atoms with E-state index in [1.54, 1.807) is 10.4 Å². The van der Waals surface area contributed by atoms with Crippen LogP contribution in [0, 0.1) is 20.8 Å². The fourth-order valence-corrected chi connectivity index (χ4v) is 6.16. The second-order valence-corrected chi connectivity index (χ2v) is 11.6. The van der Waals surface area contributed by atoms with Crippen LogP contribution < -0.4 is 5.32 Å². The third kappa shape index (κ3) is 9.51. The van der Waals surface area contributed by atoms with E-state index in [-0.39, 0.29) is 18.9 Å². The van der Waals surface area contributed by atoms with Crippen LogP contribution in [0.15, 0.2) is 17.0 Å². The van der Waals surface area contributed by atoms with Crippen LogP contribution in [0.5, 0.6) is 0 Å². The first-order valence-corrected chi connectivity index (χ1v) is 14.3. The summed E-state index contributed by atoms with van der Waals surface area (Å²) in [7, 11) is -3.67. The van der Waals surface area contributed by atoms with E-state index in [0.717, 1.165) is 42.9 Å². The standard InChI is InChI=1S/C23H38N4O3S.C2HF3O2/c1-19-17-21(3)22(18-20(19)2)31(29,30)27(16-15-25-10-5-4-6-11-25)12-7-23(28)26-13-8-24-9-14-26;3-2(4,5)1(6)7/h17-18,24H,4-16H2,1-3H3;(H,6,7). The van der Waals surface area contributed by atoms with Gasteiger partial charge in [-0.25, -0.2) is 13.2 Å². The zero-order valence-corrected chi connectivity index (χ0v) is 23.1. The minimum Gasteiger partial charge on any atom is -0.475 e. The molecule has 1 aromatic carbocycles. The van der Waals surface area contributed by atoms with Crippen molar-refractivity contribution in [2.75, 3.05) is 58.9 Å². The Bertz CT molecular complexity index is 1050. The van der Waals surface area contributed by atoms with E-state index in [0.29, 0.717) is 31.1 Å². The van der Waals surface area contributed by atoms with E-state index in [1.165, 1.54) is 19.3 Å². The summed E-state index contributed by atoms with van der Waals surface area (Å²) in [5, 5.41) is 10.4. The SMILES string of the molecule is Cc1cc(C)c(S(=O)(=O)N(CCC(=O)N2CCNCC2)CCN2CCCCC2)cc1C.O=C(O)C(F)(F)F. The number of carboxylic acids is 1. The highest BCUT2D eigenvalue weighted by molar-refractivity contribution is 7.89. The van der Waals surface area contributed by atoms with Gasteiger partial charge < -0.3 is 20.2 Å². The Balaban J connectivity index is 0.000000638. The largest absolute Gasteiger partial charge is 0.490 e. The maximum Gasteiger partial charge on any atom is 0.490 e. The van der Waals surface area contributed by atoms with E-state index in [4.69, 9.17) is 9.90 Å². The number of nitrogens with one attached hydrogen (secondary N) is 1. The van der Waals surface area contributed by atoms with E-state index in [9.17, 15) is 26.4 Å². The maximum absolute atomic E-state index is 13.7. The number of aryl methyl sites for hydroxylation is 3. The number of piperidine rings is 1. The normalized spacial score (nSPS) is 17.2. The smallest absolute Gasteiger partial charge is 0.475 e. The fraction of sp³-hybridized carbons (Fsp3) is 0.680.